The lowest BCUT2D eigenvalue weighted by atomic mass is 9.90. The Labute approximate surface area is 159 Å². The summed E-state index contributed by atoms with van der Waals surface area (Å²) in [5, 5.41) is 10.3. The van der Waals surface area contributed by atoms with E-state index in [1.165, 1.54) is 18.2 Å². The molecule has 2 heterocycles. The Balaban J connectivity index is 1.51. The second-order valence-electron chi connectivity index (χ2n) is 6.50. The van der Waals surface area contributed by atoms with Crippen LogP contribution >= 0.6 is 11.6 Å². The van der Waals surface area contributed by atoms with Crippen molar-refractivity contribution >= 4 is 23.4 Å². The highest BCUT2D eigenvalue weighted by molar-refractivity contribution is 6.29. The number of alkyl halides is 3. The molecule has 3 rings (SSSR count). The summed E-state index contributed by atoms with van der Waals surface area (Å²) in [5.74, 6) is 0.559. The number of likely N-dealkylation sites (tertiary alicyclic amines) is 1. The number of carbonyl (C=O) groups is 1. The van der Waals surface area contributed by atoms with E-state index in [2.05, 4.69) is 15.5 Å². The van der Waals surface area contributed by atoms with Crippen LogP contribution in [0.5, 0.6) is 0 Å². The molecule has 1 aromatic carbocycles. The Kier molecular flexibility index (Phi) is 5.84. The SMILES string of the molecule is O=C(Nc1ccc(Cl)nn1)N1CCC(Cc2cccc(C(F)(F)F)c2)CC1. The molecule has 2 aromatic rings. The first-order valence-electron chi connectivity index (χ1n) is 8.52. The summed E-state index contributed by atoms with van der Waals surface area (Å²) in [7, 11) is 0. The zero-order valence-electron chi connectivity index (χ0n) is 14.3. The van der Waals surface area contributed by atoms with Crippen LogP contribution in [0.15, 0.2) is 36.4 Å². The van der Waals surface area contributed by atoms with Gasteiger partial charge in [-0.3, -0.25) is 5.32 Å². The van der Waals surface area contributed by atoms with Crippen molar-refractivity contribution < 1.29 is 18.0 Å². The number of halogens is 4. The second-order valence-corrected chi connectivity index (χ2v) is 6.89. The Hall–Kier alpha value is -2.35. The smallest absolute Gasteiger partial charge is 0.324 e. The number of nitrogens with one attached hydrogen (secondary N) is 1. The maximum atomic E-state index is 12.8. The molecule has 0 unspecified atom stereocenters. The van der Waals surface area contributed by atoms with Crippen molar-refractivity contribution in [3.63, 3.8) is 0 Å². The lowest BCUT2D eigenvalue weighted by molar-refractivity contribution is -0.137. The van der Waals surface area contributed by atoms with Gasteiger partial charge in [0.1, 0.15) is 0 Å². The number of hydrogen-bond donors (Lipinski definition) is 1. The van der Waals surface area contributed by atoms with E-state index in [0.29, 0.717) is 30.9 Å². The predicted octanol–water partition coefficient (Wildman–Crippen LogP) is 4.64. The molecule has 1 N–H and O–H groups in total. The summed E-state index contributed by atoms with van der Waals surface area (Å²) in [5.41, 5.74) is 0.0463. The van der Waals surface area contributed by atoms with Gasteiger partial charge in [0, 0.05) is 13.1 Å². The Bertz CT molecular complexity index is 790. The molecule has 144 valence electrons. The van der Waals surface area contributed by atoms with Crippen LogP contribution in [0.25, 0.3) is 0 Å². The Morgan fingerprint density at radius 1 is 1.19 bits per heavy atom. The van der Waals surface area contributed by atoms with E-state index < -0.39 is 11.7 Å². The third kappa shape index (κ3) is 5.32. The number of urea groups is 1. The normalized spacial score (nSPS) is 15.6. The van der Waals surface area contributed by atoms with Gasteiger partial charge in [0.15, 0.2) is 11.0 Å². The number of anilines is 1. The molecule has 1 aliphatic rings. The molecule has 1 aliphatic heterocycles. The van der Waals surface area contributed by atoms with Crippen LogP contribution in [0.1, 0.15) is 24.0 Å². The van der Waals surface area contributed by atoms with E-state index in [9.17, 15) is 18.0 Å². The van der Waals surface area contributed by atoms with E-state index in [1.807, 2.05) is 0 Å². The Morgan fingerprint density at radius 2 is 1.93 bits per heavy atom. The highest BCUT2D eigenvalue weighted by Crippen LogP contribution is 2.31. The van der Waals surface area contributed by atoms with Gasteiger partial charge in [0.05, 0.1) is 5.56 Å². The van der Waals surface area contributed by atoms with E-state index in [1.54, 1.807) is 17.0 Å². The summed E-state index contributed by atoms with van der Waals surface area (Å²) in [6, 6.07) is 8.26. The molecule has 5 nitrogen and oxygen atoms in total. The highest BCUT2D eigenvalue weighted by atomic mass is 35.5. The van der Waals surface area contributed by atoms with E-state index in [4.69, 9.17) is 11.6 Å². The second kappa shape index (κ2) is 8.12. The lowest BCUT2D eigenvalue weighted by Gasteiger charge is -2.32. The number of carbonyl (C=O) groups excluding carboxylic acids is 1. The van der Waals surface area contributed by atoms with Gasteiger partial charge in [-0.05, 0) is 48.9 Å². The fourth-order valence-corrected chi connectivity index (χ4v) is 3.22. The first kappa shape index (κ1) is 19.4. The summed E-state index contributed by atoms with van der Waals surface area (Å²) in [6.07, 6.45) is -2.30. The highest BCUT2D eigenvalue weighted by Gasteiger charge is 2.30. The first-order chi connectivity index (χ1) is 12.8. The molecular weight excluding hydrogens is 381 g/mol. The van der Waals surface area contributed by atoms with Gasteiger partial charge < -0.3 is 4.90 Å². The van der Waals surface area contributed by atoms with Crippen molar-refractivity contribution in [1.29, 1.82) is 0 Å². The maximum absolute atomic E-state index is 12.8. The van der Waals surface area contributed by atoms with E-state index >= 15 is 0 Å². The Morgan fingerprint density at radius 3 is 2.56 bits per heavy atom. The maximum Gasteiger partial charge on any atom is 0.416 e. The molecule has 27 heavy (non-hydrogen) atoms. The molecule has 0 radical (unpaired) electrons. The quantitative estimate of drug-likeness (QED) is 0.819. The van der Waals surface area contributed by atoms with Gasteiger partial charge in [-0.25, -0.2) is 4.79 Å². The van der Waals surface area contributed by atoms with Crippen LogP contribution in [0.4, 0.5) is 23.8 Å². The van der Waals surface area contributed by atoms with Gasteiger partial charge in [0.2, 0.25) is 0 Å². The minimum absolute atomic E-state index is 0.239. The molecular formula is C18H18ClF3N4O. The zero-order valence-corrected chi connectivity index (χ0v) is 15.1. The number of benzene rings is 1. The molecule has 0 atom stereocenters. The van der Waals surface area contributed by atoms with Crippen LogP contribution in [0.2, 0.25) is 5.15 Å². The number of aromatic nitrogens is 2. The lowest BCUT2D eigenvalue weighted by Crippen LogP contribution is -2.41. The van der Waals surface area contributed by atoms with Crippen LogP contribution in [-0.2, 0) is 12.6 Å². The zero-order chi connectivity index (χ0) is 19.4. The monoisotopic (exact) mass is 398 g/mol. The van der Waals surface area contributed by atoms with Gasteiger partial charge in [0.25, 0.3) is 0 Å². The summed E-state index contributed by atoms with van der Waals surface area (Å²) in [6.45, 7) is 1.08. The van der Waals surface area contributed by atoms with Crippen molar-refractivity contribution in [3.8, 4) is 0 Å². The van der Waals surface area contributed by atoms with Crippen LogP contribution in [-0.4, -0.2) is 34.2 Å². The average Bonchev–Trinajstić information content (AvgIpc) is 2.64. The van der Waals surface area contributed by atoms with Gasteiger partial charge in [-0.15, -0.1) is 10.2 Å². The fraction of sp³-hybridized carbons (Fsp3) is 0.389. The third-order valence-corrected chi connectivity index (χ3v) is 4.75. The molecule has 0 bridgehead atoms. The van der Waals surface area contributed by atoms with Crippen molar-refractivity contribution in [2.45, 2.75) is 25.4 Å². The molecule has 1 aromatic heterocycles. The first-order valence-corrected chi connectivity index (χ1v) is 8.90. The number of nitrogens with zero attached hydrogens (tertiary/aromatic N) is 3. The fourth-order valence-electron chi connectivity index (χ4n) is 3.12. The van der Waals surface area contributed by atoms with Crippen molar-refractivity contribution in [2.75, 3.05) is 18.4 Å². The van der Waals surface area contributed by atoms with Gasteiger partial charge in [-0.2, -0.15) is 13.2 Å². The minimum Gasteiger partial charge on any atom is -0.324 e. The number of piperidine rings is 1. The van der Waals surface area contributed by atoms with Gasteiger partial charge in [-0.1, -0.05) is 29.8 Å². The van der Waals surface area contributed by atoms with Crippen LogP contribution in [0, 0.1) is 5.92 Å². The molecule has 1 saturated heterocycles. The summed E-state index contributed by atoms with van der Waals surface area (Å²) >= 11 is 5.65. The molecule has 2 amide bonds. The van der Waals surface area contributed by atoms with Crippen molar-refractivity contribution in [1.82, 2.24) is 15.1 Å². The molecule has 0 aliphatic carbocycles. The van der Waals surface area contributed by atoms with E-state index in [0.717, 1.165) is 18.9 Å². The number of amides is 2. The predicted molar refractivity (Wildman–Crippen MR) is 95.5 cm³/mol. The van der Waals surface area contributed by atoms with Crippen molar-refractivity contribution in [2.24, 2.45) is 5.92 Å². The topological polar surface area (TPSA) is 58.1 Å². The summed E-state index contributed by atoms with van der Waals surface area (Å²) in [4.78, 5) is 13.9. The molecule has 0 spiro atoms. The third-order valence-electron chi connectivity index (χ3n) is 4.55. The number of rotatable bonds is 3. The minimum atomic E-state index is -4.33. The number of hydrogen-bond acceptors (Lipinski definition) is 3. The average molecular weight is 399 g/mol. The standard InChI is InChI=1S/C18H18ClF3N4O/c19-15-4-5-16(25-24-15)23-17(27)26-8-6-12(7-9-26)10-13-2-1-3-14(11-13)18(20,21)22/h1-5,11-12H,6-10H2,(H,23,25,27). The van der Waals surface area contributed by atoms with Crippen molar-refractivity contribution in [3.05, 3.63) is 52.7 Å². The molecule has 1 fully saturated rings. The summed E-state index contributed by atoms with van der Waals surface area (Å²) < 4.78 is 38.5. The molecule has 0 saturated carbocycles. The van der Waals surface area contributed by atoms with Crippen LogP contribution in [0.3, 0.4) is 0 Å². The molecule has 9 heteroatoms. The van der Waals surface area contributed by atoms with E-state index in [-0.39, 0.29) is 17.1 Å². The van der Waals surface area contributed by atoms with Gasteiger partial charge >= 0.3 is 12.2 Å². The largest absolute Gasteiger partial charge is 0.416 e. The van der Waals surface area contributed by atoms with Crippen LogP contribution < -0.4 is 5.32 Å².